The van der Waals surface area contributed by atoms with Gasteiger partial charge in [-0.15, -0.1) is 0 Å². The predicted molar refractivity (Wildman–Crippen MR) is 86.5 cm³/mol. The summed E-state index contributed by atoms with van der Waals surface area (Å²) < 4.78 is 16.8. The summed E-state index contributed by atoms with van der Waals surface area (Å²) in [6.45, 7) is 9.81. The highest BCUT2D eigenvalue weighted by Gasteiger charge is 2.24. The molecule has 0 spiro atoms. The van der Waals surface area contributed by atoms with E-state index in [9.17, 15) is 0 Å². The van der Waals surface area contributed by atoms with Crippen LogP contribution in [-0.4, -0.2) is 28.9 Å². The van der Waals surface area contributed by atoms with Crippen LogP contribution in [0.4, 0.5) is 5.69 Å². The standard InChI is InChI=1S/C17H23N3O3/c1-11(2)21-10-16-18-17(23-19-16)9-20-8-13(4)22-15-7-12(3)5-6-14(15)20/h5-7,11,13H,8-10H2,1-4H3. The van der Waals surface area contributed by atoms with Gasteiger partial charge in [-0.2, -0.15) is 4.98 Å². The Morgan fingerprint density at radius 2 is 2.22 bits per heavy atom. The van der Waals surface area contributed by atoms with Crippen molar-refractivity contribution in [3.8, 4) is 5.75 Å². The van der Waals surface area contributed by atoms with Crippen LogP contribution in [0.2, 0.25) is 0 Å². The molecule has 1 unspecified atom stereocenters. The van der Waals surface area contributed by atoms with E-state index in [-0.39, 0.29) is 12.2 Å². The third kappa shape index (κ3) is 3.82. The van der Waals surface area contributed by atoms with Crippen LogP contribution in [0.15, 0.2) is 22.7 Å². The molecule has 0 fully saturated rings. The number of fused-ring (bicyclic) bond motifs is 1. The summed E-state index contributed by atoms with van der Waals surface area (Å²) in [5.74, 6) is 2.08. The highest BCUT2D eigenvalue weighted by Crippen LogP contribution is 2.34. The maximum absolute atomic E-state index is 5.92. The second-order valence-corrected chi connectivity index (χ2v) is 6.24. The van der Waals surface area contributed by atoms with Gasteiger partial charge in [-0.1, -0.05) is 11.2 Å². The van der Waals surface area contributed by atoms with Gasteiger partial charge >= 0.3 is 0 Å². The first-order chi connectivity index (χ1) is 11.0. The highest BCUT2D eigenvalue weighted by molar-refractivity contribution is 5.61. The molecule has 1 aliphatic heterocycles. The minimum Gasteiger partial charge on any atom is -0.487 e. The number of nitrogens with zero attached hydrogens (tertiary/aromatic N) is 3. The maximum Gasteiger partial charge on any atom is 0.246 e. The molecular formula is C17H23N3O3. The summed E-state index contributed by atoms with van der Waals surface area (Å²) in [6, 6.07) is 6.23. The Labute approximate surface area is 136 Å². The molecule has 1 aromatic heterocycles. The van der Waals surface area contributed by atoms with E-state index in [1.165, 1.54) is 5.56 Å². The van der Waals surface area contributed by atoms with Crippen molar-refractivity contribution < 1.29 is 14.0 Å². The summed E-state index contributed by atoms with van der Waals surface area (Å²) in [6.07, 6.45) is 0.267. The zero-order chi connectivity index (χ0) is 16.4. The highest BCUT2D eigenvalue weighted by atomic mass is 16.5. The minimum absolute atomic E-state index is 0.121. The van der Waals surface area contributed by atoms with Crippen molar-refractivity contribution in [2.75, 3.05) is 11.4 Å². The molecule has 6 heteroatoms. The second kappa shape index (κ2) is 6.58. The van der Waals surface area contributed by atoms with Crippen LogP contribution in [0.3, 0.4) is 0 Å². The van der Waals surface area contributed by atoms with Crippen molar-refractivity contribution >= 4 is 5.69 Å². The molecule has 2 heterocycles. The lowest BCUT2D eigenvalue weighted by molar-refractivity contribution is 0.0601. The molecule has 124 valence electrons. The first kappa shape index (κ1) is 15.8. The molecule has 0 saturated heterocycles. The lowest BCUT2D eigenvalue weighted by atomic mass is 10.1. The monoisotopic (exact) mass is 317 g/mol. The number of hydrogen-bond donors (Lipinski definition) is 0. The Kier molecular flexibility index (Phi) is 4.52. The summed E-state index contributed by atoms with van der Waals surface area (Å²) in [7, 11) is 0. The molecule has 1 atom stereocenters. The number of hydrogen-bond acceptors (Lipinski definition) is 6. The van der Waals surface area contributed by atoms with Gasteiger partial charge in [0.2, 0.25) is 5.89 Å². The van der Waals surface area contributed by atoms with Gasteiger partial charge < -0.3 is 18.9 Å². The number of aromatic nitrogens is 2. The van der Waals surface area contributed by atoms with Crippen LogP contribution in [0.5, 0.6) is 5.75 Å². The normalized spacial score (nSPS) is 17.3. The molecule has 1 aromatic carbocycles. The summed E-state index contributed by atoms with van der Waals surface area (Å²) in [5.41, 5.74) is 2.25. The van der Waals surface area contributed by atoms with Crippen molar-refractivity contribution in [2.24, 2.45) is 0 Å². The van der Waals surface area contributed by atoms with Gasteiger partial charge in [-0.25, -0.2) is 0 Å². The van der Waals surface area contributed by atoms with E-state index in [1.54, 1.807) is 0 Å². The fourth-order valence-electron chi connectivity index (χ4n) is 2.61. The molecular weight excluding hydrogens is 294 g/mol. The second-order valence-electron chi connectivity index (χ2n) is 6.24. The molecule has 0 aliphatic carbocycles. The number of rotatable bonds is 5. The first-order valence-corrected chi connectivity index (χ1v) is 7.96. The van der Waals surface area contributed by atoms with Crippen LogP contribution in [0.1, 0.15) is 38.0 Å². The van der Waals surface area contributed by atoms with Gasteiger partial charge in [-0.05, 0) is 45.4 Å². The van der Waals surface area contributed by atoms with E-state index in [0.717, 1.165) is 18.0 Å². The van der Waals surface area contributed by atoms with Gasteiger partial charge in [0.15, 0.2) is 5.82 Å². The molecule has 2 aromatic rings. The van der Waals surface area contributed by atoms with E-state index >= 15 is 0 Å². The number of aryl methyl sites for hydroxylation is 1. The molecule has 23 heavy (non-hydrogen) atoms. The number of anilines is 1. The third-order valence-corrected chi connectivity index (χ3v) is 3.64. The van der Waals surface area contributed by atoms with Crippen molar-refractivity contribution in [1.82, 2.24) is 10.1 Å². The van der Waals surface area contributed by atoms with Crippen LogP contribution in [0.25, 0.3) is 0 Å². The van der Waals surface area contributed by atoms with Crippen molar-refractivity contribution in [3.05, 3.63) is 35.5 Å². The molecule has 0 amide bonds. The van der Waals surface area contributed by atoms with E-state index in [1.807, 2.05) is 13.8 Å². The average molecular weight is 317 g/mol. The Bertz CT molecular complexity index is 669. The Hall–Kier alpha value is -2.08. The smallest absolute Gasteiger partial charge is 0.246 e. The quantitative estimate of drug-likeness (QED) is 0.844. The Morgan fingerprint density at radius 1 is 1.39 bits per heavy atom. The van der Waals surface area contributed by atoms with Crippen molar-refractivity contribution in [3.63, 3.8) is 0 Å². The zero-order valence-corrected chi connectivity index (χ0v) is 14.1. The molecule has 3 rings (SSSR count). The fourth-order valence-corrected chi connectivity index (χ4v) is 2.61. The van der Waals surface area contributed by atoms with E-state index < -0.39 is 0 Å². The molecule has 0 saturated carbocycles. The van der Waals surface area contributed by atoms with Crippen LogP contribution >= 0.6 is 0 Å². The van der Waals surface area contributed by atoms with E-state index in [4.69, 9.17) is 14.0 Å². The largest absolute Gasteiger partial charge is 0.487 e. The SMILES string of the molecule is Cc1ccc2c(c1)OC(C)CN2Cc1nc(COC(C)C)no1. The molecule has 0 N–H and O–H groups in total. The van der Waals surface area contributed by atoms with E-state index in [0.29, 0.717) is 24.9 Å². The Morgan fingerprint density at radius 3 is 3.00 bits per heavy atom. The average Bonchev–Trinajstić information content (AvgIpc) is 2.92. The lowest BCUT2D eigenvalue weighted by Crippen LogP contribution is -2.38. The summed E-state index contributed by atoms with van der Waals surface area (Å²) >= 11 is 0. The van der Waals surface area contributed by atoms with Crippen molar-refractivity contribution in [1.29, 1.82) is 0 Å². The molecule has 0 radical (unpaired) electrons. The number of benzene rings is 1. The first-order valence-electron chi connectivity index (χ1n) is 7.96. The number of ether oxygens (including phenoxy) is 2. The third-order valence-electron chi connectivity index (χ3n) is 3.64. The zero-order valence-electron chi connectivity index (χ0n) is 14.1. The van der Waals surface area contributed by atoms with Crippen LogP contribution in [-0.2, 0) is 17.9 Å². The summed E-state index contributed by atoms with van der Waals surface area (Å²) in [5, 5.41) is 3.97. The van der Waals surface area contributed by atoms with Gasteiger partial charge in [0.25, 0.3) is 0 Å². The Balaban J connectivity index is 1.73. The van der Waals surface area contributed by atoms with Crippen LogP contribution in [0, 0.1) is 6.92 Å². The van der Waals surface area contributed by atoms with Crippen molar-refractivity contribution in [2.45, 2.75) is 53.1 Å². The minimum atomic E-state index is 0.121. The van der Waals surface area contributed by atoms with Gasteiger partial charge in [0, 0.05) is 0 Å². The predicted octanol–water partition coefficient (Wildman–Crippen LogP) is 3.09. The lowest BCUT2D eigenvalue weighted by Gasteiger charge is -2.34. The molecule has 1 aliphatic rings. The van der Waals surface area contributed by atoms with Gasteiger partial charge in [0.05, 0.1) is 24.9 Å². The topological polar surface area (TPSA) is 60.6 Å². The fraction of sp³-hybridized carbons (Fsp3) is 0.529. The summed E-state index contributed by atoms with van der Waals surface area (Å²) in [4.78, 5) is 6.62. The molecule has 0 bridgehead atoms. The maximum atomic E-state index is 5.92. The van der Waals surface area contributed by atoms with Gasteiger partial charge in [-0.3, -0.25) is 0 Å². The van der Waals surface area contributed by atoms with Gasteiger partial charge in [0.1, 0.15) is 18.5 Å². The van der Waals surface area contributed by atoms with E-state index in [2.05, 4.69) is 47.1 Å². The molecule has 6 nitrogen and oxygen atoms in total. The van der Waals surface area contributed by atoms with Crippen LogP contribution < -0.4 is 9.64 Å².